The van der Waals surface area contributed by atoms with Gasteiger partial charge in [0.25, 0.3) is 0 Å². The van der Waals surface area contributed by atoms with Crippen LogP contribution in [-0.4, -0.2) is 4.57 Å². The zero-order valence-corrected chi connectivity index (χ0v) is 20.8. The molecule has 32 heavy (non-hydrogen) atoms. The lowest BCUT2D eigenvalue weighted by molar-refractivity contribution is -0.705. The Morgan fingerprint density at radius 2 is 1.66 bits per heavy atom. The van der Waals surface area contributed by atoms with E-state index in [2.05, 4.69) is 27.9 Å². The largest absolute Gasteiger partial charge is 0.365 e. The van der Waals surface area contributed by atoms with Gasteiger partial charge in [-0.15, -0.1) is 0 Å². The molecule has 0 N–H and O–H groups in total. The van der Waals surface area contributed by atoms with Crippen LogP contribution < -0.4 is 4.57 Å². The van der Waals surface area contributed by atoms with E-state index in [-0.39, 0.29) is 6.10 Å². The third kappa shape index (κ3) is 6.42. The summed E-state index contributed by atoms with van der Waals surface area (Å²) < 4.78 is 10.8. The minimum Gasteiger partial charge on any atom is -0.365 e. The van der Waals surface area contributed by atoms with Crippen molar-refractivity contribution in [1.29, 1.82) is 0 Å². The maximum absolute atomic E-state index is 6.54. The fourth-order valence-electron chi connectivity index (χ4n) is 4.35. The summed E-state index contributed by atoms with van der Waals surface area (Å²) in [6.07, 6.45) is 12.9. The maximum Gasteiger partial charge on any atom is 0.243 e. The first kappa shape index (κ1) is 23.9. The van der Waals surface area contributed by atoms with Gasteiger partial charge < -0.3 is 4.74 Å². The van der Waals surface area contributed by atoms with Crippen LogP contribution in [0.4, 0.5) is 0 Å². The molecule has 1 aromatic heterocycles. The Balaban J connectivity index is 1.50. The van der Waals surface area contributed by atoms with E-state index >= 15 is 0 Å². The molecule has 0 spiro atoms. The smallest absolute Gasteiger partial charge is 0.243 e. The highest BCUT2D eigenvalue weighted by molar-refractivity contribution is 6.35. The summed E-state index contributed by atoms with van der Waals surface area (Å²) in [6.45, 7) is 2.05. The van der Waals surface area contributed by atoms with E-state index in [0.717, 1.165) is 23.6 Å². The van der Waals surface area contributed by atoms with Crippen LogP contribution in [0.1, 0.15) is 49.3 Å². The summed E-state index contributed by atoms with van der Waals surface area (Å²) in [5.74, 6) is 0.773. The molecule has 2 aromatic carbocycles. The van der Waals surface area contributed by atoms with Gasteiger partial charge in [0.05, 0.1) is 13.2 Å². The molecule has 3 aromatic rings. The Labute approximate surface area is 209 Å². The predicted octanol–water partition coefficient (Wildman–Crippen LogP) is 7.93. The van der Waals surface area contributed by atoms with Crippen molar-refractivity contribution in [3.05, 3.63) is 86.3 Å². The van der Waals surface area contributed by atoms with Crippen LogP contribution in [0, 0.1) is 5.92 Å². The number of aromatic nitrogens is 2. The van der Waals surface area contributed by atoms with Crippen LogP contribution in [0.3, 0.4) is 0 Å². The molecule has 7 heteroatoms. The predicted molar refractivity (Wildman–Crippen MR) is 132 cm³/mol. The third-order valence-electron chi connectivity index (χ3n) is 6.08. The second-order valence-electron chi connectivity index (χ2n) is 8.51. The molecule has 1 unspecified atom stereocenters. The molecule has 1 saturated carbocycles. The zero-order valence-electron chi connectivity index (χ0n) is 17.8. The molecule has 0 amide bonds. The quantitative estimate of drug-likeness (QED) is 0.280. The molecule has 1 fully saturated rings. The number of nitrogens with zero attached hydrogens (tertiary/aromatic N) is 2. The van der Waals surface area contributed by atoms with Gasteiger partial charge in [-0.25, -0.2) is 9.13 Å². The SMILES string of the molecule is Clc1ccc(COC(C[n+]2ccn(CC3CCCCC3)c2)c2ccc(Cl)cc2Cl)c(Cl)c1. The molecule has 0 saturated heterocycles. The average molecular weight is 513 g/mol. The van der Waals surface area contributed by atoms with E-state index in [1.807, 2.05) is 24.3 Å². The Morgan fingerprint density at radius 1 is 0.938 bits per heavy atom. The average Bonchev–Trinajstić information content (AvgIpc) is 3.20. The number of hydrogen-bond donors (Lipinski definition) is 0. The van der Waals surface area contributed by atoms with Gasteiger partial charge in [-0.05, 0) is 48.6 Å². The van der Waals surface area contributed by atoms with Gasteiger partial charge in [-0.1, -0.05) is 77.8 Å². The van der Waals surface area contributed by atoms with Crippen LogP contribution in [0.25, 0.3) is 0 Å². The van der Waals surface area contributed by atoms with Crippen molar-refractivity contribution in [2.45, 2.75) is 57.9 Å². The first-order chi connectivity index (χ1) is 15.5. The monoisotopic (exact) mass is 511 g/mol. The molecule has 0 aliphatic heterocycles. The second-order valence-corrected chi connectivity index (χ2v) is 10.2. The lowest BCUT2D eigenvalue weighted by atomic mass is 9.89. The fourth-order valence-corrected chi connectivity index (χ4v) is 5.34. The molecular formula is C25H27Cl4N2O+. The van der Waals surface area contributed by atoms with Crippen molar-refractivity contribution in [3.8, 4) is 0 Å². The number of imidazole rings is 1. The van der Waals surface area contributed by atoms with E-state index in [0.29, 0.717) is 33.2 Å². The number of hydrogen-bond acceptors (Lipinski definition) is 1. The van der Waals surface area contributed by atoms with E-state index in [9.17, 15) is 0 Å². The first-order valence-corrected chi connectivity index (χ1v) is 12.5. The fraction of sp³-hybridized carbons (Fsp3) is 0.400. The van der Waals surface area contributed by atoms with Crippen molar-refractivity contribution < 1.29 is 9.30 Å². The summed E-state index contributed by atoms with van der Waals surface area (Å²) in [5, 5.41) is 2.38. The van der Waals surface area contributed by atoms with Crippen LogP contribution in [0.15, 0.2) is 55.1 Å². The number of benzene rings is 2. The van der Waals surface area contributed by atoms with Gasteiger partial charge in [0, 0.05) is 25.7 Å². The summed E-state index contributed by atoms with van der Waals surface area (Å²) in [6, 6.07) is 11.0. The van der Waals surface area contributed by atoms with Gasteiger partial charge >= 0.3 is 0 Å². The minimum atomic E-state index is -0.262. The molecule has 1 heterocycles. The van der Waals surface area contributed by atoms with Crippen molar-refractivity contribution in [1.82, 2.24) is 4.57 Å². The van der Waals surface area contributed by atoms with Crippen molar-refractivity contribution in [3.63, 3.8) is 0 Å². The van der Waals surface area contributed by atoms with Gasteiger partial charge in [0.1, 0.15) is 25.0 Å². The first-order valence-electron chi connectivity index (χ1n) is 11.0. The van der Waals surface area contributed by atoms with Crippen LogP contribution in [0.5, 0.6) is 0 Å². The summed E-state index contributed by atoms with van der Waals surface area (Å²) in [7, 11) is 0. The van der Waals surface area contributed by atoms with Crippen LogP contribution in [0.2, 0.25) is 20.1 Å². The number of halogens is 4. The maximum atomic E-state index is 6.54. The molecule has 1 atom stereocenters. The Kier molecular flexibility index (Phi) is 8.42. The zero-order chi connectivity index (χ0) is 22.5. The molecule has 1 aliphatic rings. The number of ether oxygens (including phenoxy) is 1. The molecule has 1 aliphatic carbocycles. The van der Waals surface area contributed by atoms with Crippen LogP contribution >= 0.6 is 46.4 Å². The van der Waals surface area contributed by atoms with Crippen molar-refractivity contribution in [2.75, 3.05) is 0 Å². The van der Waals surface area contributed by atoms with E-state index in [1.165, 1.54) is 32.1 Å². The van der Waals surface area contributed by atoms with E-state index in [4.69, 9.17) is 51.1 Å². The van der Waals surface area contributed by atoms with E-state index in [1.54, 1.807) is 12.1 Å². The van der Waals surface area contributed by atoms with Crippen molar-refractivity contribution in [2.24, 2.45) is 5.92 Å². The Morgan fingerprint density at radius 3 is 2.38 bits per heavy atom. The van der Waals surface area contributed by atoms with Crippen LogP contribution in [-0.2, 0) is 24.4 Å². The molecule has 3 nitrogen and oxygen atoms in total. The highest BCUT2D eigenvalue weighted by Crippen LogP contribution is 2.31. The molecular weight excluding hydrogens is 486 g/mol. The second kappa shape index (κ2) is 11.3. The highest BCUT2D eigenvalue weighted by atomic mass is 35.5. The lowest BCUT2D eigenvalue weighted by Crippen LogP contribution is -2.35. The molecule has 0 bridgehead atoms. The minimum absolute atomic E-state index is 0.262. The van der Waals surface area contributed by atoms with E-state index < -0.39 is 0 Å². The third-order valence-corrected chi connectivity index (χ3v) is 7.23. The molecule has 0 radical (unpaired) electrons. The summed E-state index contributed by atoms with van der Waals surface area (Å²) >= 11 is 25.0. The summed E-state index contributed by atoms with van der Waals surface area (Å²) in [4.78, 5) is 0. The number of rotatable bonds is 8. The normalized spacial score (nSPS) is 15.8. The topological polar surface area (TPSA) is 18.0 Å². The van der Waals surface area contributed by atoms with Crippen molar-refractivity contribution >= 4 is 46.4 Å². The van der Waals surface area contributed by atoms with Gasteiger partial charge in [-0.3, -0.25) is 0 Å². The molecule has 170 valence electrons. The molecule has 4 rings (SSSR count). The van der Waals surface area contributed by atoms with Gasteiger partial charge in [0.15, 0.2) is 0 Å². The van der Waals surface area contributed by atoms with Gasteiger partial charge in [0.2, 0.25) is 6.33 Å². The lowest BCUT2D eigenvalue weighted by Gasteiger charge is -2.19. The Bertz CT molecular complexity index is 1050. The highest BCUT2D eigenvalue weighted by Gasteiger charge is 2.22. The standard InChI is InChI=1S/C25H27Cl4N2O/c26-20-7-6-19(23(28)12-20)16-32-25(22-9-8-21(27)13-24(22)29)15-31-11-10-30(17-31)14-18-4-2-1-3-5-18/h6-13,17-18,25H,1-5,14-16H2/q+1. The van der Waals surface area contributed by atoms with Gasteiger partial charge in [-0.2, -0.15) is 0 Å². The Hall–Kier alpha value is -1.23. The summed E-state index contributed by atoms with van der Waals surface area (Å²) in [5.41, 5.74) is 1.78.